The maximum atomic E-state index is 12.6. The predicted molar refractivity (Wildman–Crippen MR) is 106 cm³/mol. The molecule has 0 aliphatic carbocycles. The quantitative estimate of drug-likeness (QED) is 0.739. The third kappa shape index (κ3) is 2.93. The Kier molecular flexibility index (Phi) is 4.08. The molecule has 1 saturated heterocycles. The van der Waals surface area contributed by atoms with Crippen LogP contribution in [0.15, 0.2) is 41.2 Å². The number of rotatable bonds is 1. The number of benzene rings is 1. The first-order chi connectivity index (χ1) is 13.6. The van der Waals surface area contributed by atoms with E-state index in [1.165, 1.54) is 0 Å². The number of carbonyl (C=O) groups is 1. The van der Waals surface area contributed by atoms with Crippen molar-refractivity contribution in [3.63, 3.8) is 0 Å². The molecule has 2 bridgehead atoms. The fraction of sp³-hybridized carbons (Fsp3) is 0.350. The van der Waals surface area contributed by atoms with Gasteiger partial charge in [0.15, 0.2) is 16.6 Å². The zero-order chi connectivity index (χ0) is 19.3. The summed E-state index contributed by atoms with van der Waals surface area (Å²) in [4.78, 5) is 26.8. The van der Waals surface area contributed by atoms with Gasteiger partial charge in [0.25, 0.3) is 11.5 Å². The Balaban J connectivity index is 1.30. The van der Waals surface area contributed by atoms with Gasteiger partial charge in [-0.05, 0) is 48.8 Å². The minimum Gasteiger partial charge on any atom is -0.454 e. The first-order valence-corrected chi connectivity index (χ1v) is 9.69. The Bertz CT molecular complexity index is 1030. The van der Waals surface area contributed by atoms with E-state index in [0.29, 0.717) is 41.2 Å². The first-order valence-electron chi connectivity index (χ1n) is 9.28. The Morgan fingerprint density at radius 1 is 1.11 bits per heavy atom. The smallest absolute Gasteiger partial charge is 0.257 e. The molecule has 1 aromatic heterocycles. The van der Waals surface area contributed by atoms with E-state index in [0.717, 1.165) is 18.7 Å². The molecule has 28 heavy (non-hydrogen) atoms. The van der Waals surface area contributed by atoms with E-state index >= 15 is 0 Å². The number of fused-ring (bicyclic) bond motifs is 5. The number of thiocarbonyl (C=S) groups is 1. The lowest BCUT2D eigenvalue weighted by Crippen LogP contribution is -2.52. The van der Waals surface area contributed by atoms with Crippen molar-refractivity contribution in [2.75, 3.05) is 19.9 Å². The molecule has 0 saturated carbocycles. The summed E-state index contributed by atoms with van der Waals surface area (Å²) in [6.45, 7) is 2.29. The lowest BCUT2D eigenvalue weighted by Gasteiger charge is -2.43. The van der Waals surface area contributed by atoms with Crippen LogP contribution in [0.5, 0.6) is 11.5 Å². The summed E-state index contributed by atoms with van der Waals surface area (Å²) in [5.74, 6) is 1.51. The highest BCUT2D eigenvalue weighted by molar-refractivity contribution is 7.80. The van der Waals surface area contributed by atoms with Crippen molar-refractivity contribution in [1.82, 2.24) is 14.8 Å². The summed E-state index contributed by atoms with van der Waals surface area (Å²) in [6, 6.07) is 10.5. The second kappa shape index (κ2) is 6.63. The minimum atomic E-state index is -0.268. The van der Waals surface area contributed by atoms with Crippen LogP contribution >= 0.6 is 12.2 Å². The van der Waals surface area contributed by atoms with Gasteiger partial charge < -0.3 is 18.9 Å². The number of carbonyl (C=O) groups excluding carboxylic acids is 1. The van der Waals surface area contributed by atoms with Crippen molar-refractivity contribution >= 4 is 23.2 Å². The maximum Gasteiger partial charge on any atom is 0.257 e. The monoisotopic (exact) mass is 397 g/mol. The third-order valence-electron chi connectivity index (χ3n) is 5.62. The van der Waals surface area contributed by atoms with Crippen molar-refractivity contribution in [1.29, 1.82) is 0 Å². The van der Waals surface area contributed by atoms with Gasteiger partial charge in [-0.3, -0.25) is 14.9 Å². The number of pyridine rings is 1. The van der Waals surface area contributed by atoms with Crippen LogP contribution in [0.2, 0.25) is 0 Å². The molecule has 1 amide bonds. The second-order valence-corrected chi connectivity index (χ2v) is 7.82. The molecule has 1 fully saturated rings. The van der Waals surface area contributed by atoms with Gasteiger partial charge >= 0.3 is 0 Å². The van der Waals surface area contributed by atoms with E-state index in [2.05, 4.69) is 5.32 Å². The third-order valence-corrected chi connectivity index (χ3v) is 5.98. The van der Waals surface area contributed by atoms with E-state index < -0.39 is 0 Å². The van der Waals surface area contributed by atoms with Crippen LogP contribution < -0.4 is 20.3 Å². The SMILES string of the molecule is O=C(NC(=S)N1C[C@H]2C[C@H](C1)c1cccc(=O)n1C2)c1ccc2c(c1)OCO2. The largest absolute Gasteiger partial charge is 0.454 e. The van der Waals surface area contributed by atoms with Crippen molar-refractivity contribution in [3.05, 3.63) is 58.0 Å². The molecule has 5 rings (SSSR count). The fourth-order valence-corrected chi connectivity index (χ4v) is 4.59. The predicted octanol–water partition coefficient (Wildman–Crippen LogP) is 1.71. The normalized spacial score (nSPS) is 21.8. The van der Waals surface area contributed by atoms with Gasteiger partial charge in [-0.2, -0.15) is 0 Å². The van der Waals surface area contributed by atoms with Gasteiger partial charge in [-0.1, -0.05) is 6.07 Å². The molecule has 0 spiro atoms. The van der Waals surface area contributed by atoms with Gasteiger partial charge in [0.2, 0.25) is 6.79 Å². The van der Waals surface area contributed by atoms with E-state index in [1.54, 1.807) is 24.3 Å². The van der Waals surface area contributed by atoms with Crippen LogP contribution in [0.3, 0.4) is 0 Å². The molecule has 0 unspecified atom stereocenters. The number of amides is 1. The number of hydrogen-bond donors (Lipinski definition) is 1. The summed E-state index contributed by atoms with van der Waals surface area (Å²) in [5.41, 5.74) is 1.58. The molecule has 2 aromatic rings. The van der Waals surface area contributed by atoms with Crippen LogP contribution in [0, 0.1) is 5.92 Å². The first kappa shape index (κ1) is 17.2. The number of aromatic nitrogens is 1. The molecule has 4 heterocycles. The lowest BCUT2D eigenvalue weighted by atomic mass is 9.83. The van der Waals surface area contributed by atoms with Gasteiger partial charge in [-0.15, -0.1) is 0 Å². The molecule has 8 heteroatoms. The van der Waals surface area contributed by atoms with Crippen molar-refractivity contribution in [2.24, 2.45) is 5.92 Å². The summed E-state index contributed by atoms with van der Waals surface area (Å²) in [6.07, 6.45) is 1.04. The van der Waals surface area contributed by atoms with Crippen LogP contribution in [0.1, 0.15) is 28.4 Å². The molecule has 3 aliphatic heterocycles. The highest BCUT2D eigenvalue weighted by atomic mass is 32.1. The van der Waals surface area contributed by atoms with Gasteiger partial charge in [0, 0.05) is 42.9 Å². The van der Waals surface area contributed by atoms with Crippen molar-refractivity contribution in [2.45, 2.75) is 18.9 Å². The highest BCUT2D eigenvalue weighted by Gasteiger charge is 2.35. The number of hydrogen-bond acceptors (Lipinski definition) is 5. The Hall–Kier alpha value is -2.87. The Morgan fingerprint density at radius 3 is 2.86 bits per heavy atom. The number of piperidine rings is 1. The Morgan fingerprint density at radius 2 is 1.96 bits per heavy atom. The average Bonchev–Trinajstić information content (AvgIpc) is 3.16. The van der Waals surface area contributed by atoms with Gasteiger partial charge in [0.05, 0.1) is 0 Å². The molecular formula is C20H19N3O4S. The van der Waals surface area contributed by atoms with Crippen LogP contribution in [0.25, 0.3) is 0 Å². The van der Waals surface area contributed by atoms with E-state index in [1.807, 2.05) is 21.6 Å². The summed E-state index contributed by atoms with van der Waals surface area (Å²) >= 11 is 5.52. The molecule has 1 N–H and O–H groups in total. The number of likely N-dealkylation sites (tertiary alicyclic amines) is 1. The van der Waals surface area contributed by atoms with Crippen LogP contribution in [-0.2, 0) is 6.54 Å². The topological polar surface area (TPSA) is 72.8 Å². The summed E-state index contributed by atoms with van der Waals surface area (Å²) in [7, 11) is 0. The molecular weight excluding hydrogens is 378 g/mol. The fourth-order valence-electron chi connectivity index (χ4n) is 4.35. The zero-order valence-electron chi connectivity index (χ0n) is 15.1. The Labute approximate surface area is 166 Å². The molecule has 2 atom stereocenters. The lowest BCUT2D eigenvalue weighted by molar-refractivity contribution is 0.0967. The second-order valence-electron chi connectivity index (χ2n) is 7.43. The number of nitrogens with zero attached hydrogens (tertiary/aromatic N) is 2. The zero-order valence-corrected chi connectivity index (χ0v) is 15.9. The standard InChI is InChI=1S/C20H19N3O4S/c24-18-3-1-2-15-14-6-12(9-23(15)18)8-22(10-14)20(28)21-19(25)13-4-5-16-17(7-13)27-11-26-16/h1-5,7,12,14H,6,8-11H2,(H,21,25,28)/t12-,14-/m1/s1. The van der Waals surface area contributed by atoms with Crippen LogP contribution in [0.4, 0.5) is 0 Å². The summed E-state index contributed by atoms with van der Waals surface area (Å²) < 4.78 is 12.5. The van der Waals surface area contributed by atoms with Crippen molar-refractivity contribution < 1.29 is 14.3 Å². The molecule has 0 radical (unpaired) electrons. The molecule has 7 nitrogen and oxygen atoms in total. The van der Waals surface area contributed by atoms with Crippen LogP contribution in [-0.4, -0.2) is 40.4 Å². The van der Waals surface area contributed by atoms with E-state index in [9.17, 15) is 9.59 Å². The van der Waals surface area contributed by atoms with E-state index in [-0.39, 0.29) is 24.2 Å². The van der Waals surface area contributed by atoms with E-state index in [4.69, 9.17) is 21.7 Å². The average molecular weight is 397 g/mol. The van der Waals surface area contributed by atoms with Gasteiger partial charge in [0.1, 0.15) is 0 Å². The maximum absolute atomic E-state index is 12.6. The number of nitrogens with one attached hydrogen (secondary N) is 1. The molecule has 1 aromatic carbocycles. The number of ether oxygens (including phenoxy) is 2. The highest BCUT2D eigenvalue weighted by Crippen LogP contribution is 2.35. The van der Waals surface area contributed by atoms with Gasteiger partial charge in [-0.25, -0.2) is 0 Å². The summed E-state index contributed by atoms with van der Waals surface area (Å²) in [5, 5.41) is 3.26. The minimum absolute atomic E-state index is 0.0549. The molecule has 144 valence electrons. The molecule has 3 aliphatic rings. The van der Waals surface area contributed by atoms with Crippen molar-refractivity contribution in [3.8, 4) is 11.5 Å².